The second-order valence-electron chi connectivity index (χ2n) is 6.52. The minimum absolute atomic E-state index is 0.0782. The molecule has 3 aromatic rings. The summed E-state index contributed by atoms with van der Waals surface area (Å²) in [5.74, 6) is -0.156. The van der Waals surface area contributed by atoms with E-state index in [9.17, 15) is 14.4 Å². The molecular weight excluding hydrogens is 436 g/mol. The van der Waals surface area contributed by atoms with Crippen molar-refractivity contribution in [3.8, 4) is 11.5 Å². The number of anilines is 1. The molecule has 0 aliphatic heterocycles. The van der Waals surface area contributed by atoms with Crippen LogP contribution in [0.2, 0.25) is 0 Å². The van der Waals surface area contributed by atoms with E-state index in [4.69, 9.17) is 18.6 Å². The summed E-state index contributed by atoms with van der Waals surface area (Å²) in [6.45, 7) is 0. The molecule has 9 nitrogen and oxygen atoms in total. The van der Waals surface area contributed by atoms with Crippen molar-refractivity contribution in [3.63, 3.8) is 0 Å². The van der Waals surface area contributed by atoms with Crippen LogP contribution in [0.4, 0.5) is 5.00 Å². The van der Waals surface area contributed by atoms with Crippen LogP contribution in [-0.2, 0) is 9.53 Å². The van der Waals surface area contributed by atoms with Crippen molar-refractivity contribution < 1.29 is 33.0 Å². The smallest absolute Gasteiger partial charge is 0.307 e. The quantitative estimate of drug-likeness (QED) is 0.470. The molecule has 1 atom stereocenters. The maximum absolute atomic E-state index is 12.9. The molecule has 2 heterocycles. The van der Waals surface area contributed by atoms with Gasteiger partial charge in [0.2, 0.25) is 0 Å². The molecule has 32 heavy (non-hydrogen) atoms. The minimum Gasteiger partial charge on any atom is -0.493 e. The number of furan rings is 1. The molecule has 1 unspecified atom stereocenters. The monoisotopic (exact) mass is 458 g/mol. The van der Waals surface area contributed by atoms with E-state index in [0.29, 0.717) is 26.9 Å². The van der Waals surface area contributed by atoms with Gasteiger partial charge in [0, 0.05) is 0 Å². The molecule has 0 bridgehead atoms. The summed E-state index contributed by atoms with van der Waals surface area (Å²) in [6.07, 6.45) is 1.32. The van der Waals surface area contributed by atoms with Crippen molar-refractivity contribution in [2.45, 2.75) is 12.5 Å². The second kappa shape index (κ2) is 10.5. The van der Waals surface area contributed by atoms with Crippen LogP contribution in [0.15, 0.2) is 53.1 Å². The zero-order valence-corrected chi connectivity index (χ0v) is 18.5. The Morgan fingerprint density at radius 2 is 1.78 bits per heavy atom. The van der Waals surface area contributed by atoms with Gasteiger partial charge in [-0.05, 0) is 42.0 Å². The molecule has 0 saturated heterocycles. The summed E-state index contributed by atoms with van der Waals surface area (Å²) in [4.78, 5) is 37.3. The van der Waals surface area contributed by atoms with Gasteiger partial charge in [0.15, 0.2) is 17.3 Å². The number of esters is 1. The van der Waals surface area contributed by atoms with E-state index in [-0.39, 0.29) is 12.2 Å². The lowest BCUT2D eigenvalue weighted by molar-refractivity contribution is -0.141. The Balaban J connectivity index is 1.76. The SMILES string of the molecule is COC(=O)CC(NC(=O)c1ccc(NC(=O)c2ccco2)s1)c1ccc(OC)c(OC)c1. The summed E-state index contributed by atoms with van der Waals surface area (Å²) in [7, 11) is 4.30. The molecule has 0 saturated carbocycles. The van der Waals surface area contributed by atoms with Crippen LogP contribution in [0, 0.1) is 0 Å². The van der Waals surface area contributed by atoms with Crippen LogP contribution in [0.1, 0.15) is 38.3 Å². The molecule has 2 aromatic heterocycles. The van der Waals surface area contributed by atoms with Gasteiger partial charge in [-0.15, -0.1) is 11.3 Å². The van der Waals surface area contributed by atoms with Crippen LogP contribution < -0.4 is 20.1 Å². The summed E-state index contributed by atoms with van der Waals surface area (Å²) in [5.41, 5.74) is 0.643. The highest BCUT2D eigenvalue weighted by Gasteiger charge is 2.22. The average molecular weight is 458 g/mol. The first-order chi connectivity index (χ1) is 15.4. The van der Waals surface area contributed by atoms with Gasteiger partial charge in [-0.25, -0.2) is 0 Å². The number of ether oxygens (including phenoxy) is 3. The van der Waals surface area contributed by atoms with Gasteiger partial charge in [0.25, 0.3) is 11.8 Å². The van der Waals surface area contributed by atoms with Gasteiger partial charge < -0.3 is 29.3 Å². The molecule has 10 heteroatoms. The van der Waals surface area contributed by atoms with Crippen molar-refractivity contribution in [2.24, 2.45) is 0 Å². The Bertz CT molecular complexity index is 1090. The fourth-order valence-electron chi connectivity index (χ4n) is 2.91. The lowest BCUT2D eigenvalue weighted by Gasteiger charge is -2.19. The highest BCUT2D eigenvalue weighted by molar-refractivity contribution is 7.18. The number of nitrogens with one attached hydrogen (secondary N) is 2. The molecule has 0 spiro atoms. The van der Waals surface area contributed by atoms with E-state index in [2.05, 4.69) is 10.6 Å². The largest absolute Gasteiger partial charge is 0.493 e. The Kier molecular flexibility index (Phi) is 7.50. The molecule has 0 aliphatic rings. The van der Waals surface area contributed by atoms with Gasteiger partial charge in [-0.1, -0.05) is 6.07 Å². The molecule has 0 aliphatic carbocycles. The Labute approximate surface area is 188 Å². The first-order valence-electron chi connectivity index (χ1n) is 9.49. The number of hydrogen-bond donors (Lipinski definition) is 2. The molecule has 168 valence electrons. The number of methoxy groups -OCH3 is 3. The van der Waals surface area contributed by atoms with Gasteiger partial charge in [-0.3, -0.25) is 14.4 Å². The Morgan fingerprint density at radius 3 is 2.44 bits per heavy atom. The number of benzene rings is 1. The van der Waals surface area contributed by atoms with Crippen LogP contribution >= 0.6 is 11.3 Å². The van der Waals surface area contributed by atoms with E-state index in [1.165, 1.54) is 33.7 Å². The third-order valence-electron chi connectivity index (χ3n) is 4.53. The third kappa shape index (κ3) is 5.46. The normalized spacial score (nSPS) is 11.3. The number of thiophene rings is 1. The number of carbonyl (C=O) groups is 3. The first-order valence-corrected chi connectivity index (χ1v) is 10.3. The second-order valence-corrected chi connectivity index (χ2v) is 7.60. The highest BCUT2D eigenvalue weighted by Crippen LogP contribution is 2.31. The van der Waals surface area contributed by atoms with Gasteiger partial charge in [-0.2, -0.15) is 0 Å². The predicted octanol–water partition coefficient (Wildman–Crippen LogP) is 3.64. The summed E-state index contributed by atoms with van der Waals surface area (Å²) < 4.78 is 20.4. The number of rotatable bonds is 9. The fraction of sp³-hybridized carbons (Fsp3) is 0.227. The van der Waals surface area contributed by atoms with Crippen LogP contribution in [0.5, 0.6) is 11.5 Å². The lowest BCUT2D eigenvalue weighted by atomic mass is 10.0. The van der Waals surface area contributed by atoms with E-state index >= 15 is 0 Å². The van der Waals surface area contributed by atoms with Crippen LogP contribution in [0.3, 0.4) is 0 Å². The highest BCUT2D eigenvalue weighted by atomic mass is 32.1. The third-order valence-corrected chi connectivity index (χ3v) is 5.52. The minimum atomic E-state index is -0.669. The first kappa shape index (κ1) is 22.9. The van der Waals surface area contributed by atoms with E-state index in [1.807, 2.05) is 0 Å². The molecule has 1 aromatic carbocycles. The lowest BCUT2D eigenvalue weighted by Crippen LogP contribution is -2.30. The van der Waals surface area contributed by atoms with Crippen molar-refractivity contribution in [3.05, 3.63) is 64.9 Å². The summed E-state index contributed by atoms with van der Waals surface area (Å²) >= 11 is 1.10. The number of hydrogen-bond acceptors (Lipinski definition) is 8. The molecule has 3 rings (SSSR count). The van der Waals surface area contributed by atoms with Crippen molar-refractivity contribution >= 4 is 34.1 Å². The Hall–Kier alpha value is -3.79. The van der Waals surface area contributed by atoms with Crippen LogP contribution in [0.25, 0.3) is 0 Å². The standard InChI is InChI=1S/C22H22N2O7S/c1-28-15-7-6-13(11-17(15)29-2)14(12-20(25)30-3)23-22(27)18-8-9-19(32-18)24-21(26)16-5-4-10-31-16/h4-11,14H,12H2,1-3H3,(H,23,27)(H,24,26). The van der Waals surface area contributed by atoms with Crippen molar-refractivity contribution in [1.29, 1.82) is 0 Å². The maximum Gasteiger partial charge on any atom is 0.307 e. The Morgan fingerprint density at radius 1 is 1.00 bits per heavy atom. The number of carbonyl (C=O) groups excluding carboxylic acids is 3. The molecule has 2 amide bonds. The number of amides is 2. The average Bonchev–Trinajstić information content (AvgIpc) is 3.50. The fourth-order valence-corrected chi connectivity index (χ4v) is 3.71. The maximum atomic E-state index is 12.9. The van der Waals surface area contributed by atoms with Gasteiger partial charge >= 0.3 is 5.97 Å². The molecule has 0 fully saturated rings. The van der Waals surface area contributed by atoms with E-state index < -0.39 is 23.8 Å². The van der Waals surface area contributed by atoms with Crippen molar-refractivity contribution in [1.82, 2.24) is 5.32 Å². The van der Waals surface area contributed by atoms with Gasteiger partial charge in [0.1, 0.15) is 0 Å². The topological polar surface area (TPSA) is 116 Å². The zero-order valence-electron chi connectivity index (χ0n) is 17.7. The summed E-state index contributed by atoms with van der Waals surface area (Å²) in [6, 6.07) is 10.8. The predicted molar refractivity (Wildman–Crippen MR) is 117 cm³/mol. The van der Waals surface area contributed by atoms with Crippen molar-refractivity contribution in [2.75, 3.05) is 26.6 Å². The molecule has 2 N–H and O–H groups in total. The van der Waals surface area contributed by atoms with E-state index in [0.717, 1.165) is 11.3 Å². The summed E-state index contributed by atoms with van der Waals surface area (Å²) in [5, 5.41) is 5.99. The van der Waals surface area contributed by atoms with Crippen LogP contribution in [-0.4, -0.2) is 39.1 Å². The molecule has 0 radical (unpaired) electrons. The van der Waals surface area contributed by atoms with E-state index in [1.54, 1.807) is 36.4 Å². The van der Waals surface area contributed by atoms with Gasteiger partial charge in [0.05, 0.1) is 49.9 Å². The molecular formula is C22H22N2O7S. The zero-order chi connectivity index (χ0) is 23.1.